The molecule has 3 N–H and O–H groups in total. The van der Waals surface area contributed by atoms with Crippen molar-refractivity contribution in [2.45, 2.75) is 50.6 Å². The zero-order valence-corrected chi connectivity index (χ0v) is 15.6. The number of thiazole rings is 1. The minimum Gasteiger partial charge on any atom is -0.335 e. The van der Waals surface area contributed by atoms with Gasteiger partial charge in [-0.2, -0.15) is 0 Å². The van der Waals surface area contributed by atoms with Gasteiger partial charge in [0.15, 0.2) is 11.6 Å². The first-order chi connectivity index (χ1) is 12.7. The standard InChI is InChI=1S/C19H24N4O2S/c24-17(22-19(25)20-13-6-1-2-7-13)12-23-11-5-9-15(23)18-21-14-8-3-4-10-16(14)26-18/h3-4,8,10,13,15H,1-2,5-7,9,11-12H2,(H2,20,22,24,25)/p+1/t15-/m0/s1. The Bertz CT molecular complexity index is 767. The third kappa shape index (κ3) is 3.88. The maximum absolute atomic E-state index is 12.3. The molecular formula is C19H25N4O2S+. The van der Waals surface area contributed by atoms with E-state index in [1.165, 1.54) is 9.60 Å². The highest BCUT2D eigenvalue weighted by Crippen LogP contribution is 2.28. The van der Waals surface area contributed by atoms with Gasteiger partial charge in [0.25, 0.3) is 5.91 Å². The summed E-state index contributed by atoms with van der Waals surface area (Å²) in [4.78, 5) is 30.3. The van der Waals surface area contributed by atoms with Crippen LogP contribution in [0.4, 0.5) is 4.79 Å². The topological polar surface area (TPSA) is 75.5 Å². The number of urea groups is 1. The third-order valence-corrected chi connectivity index (χ3v) is 6.57. The van der Waals surface area contributed by atoms with Crippen LogP contribution in [0.15, 0.2) is 24.3 Å². The van der Waals surface area contributed by atoms with Crippen LogP contribution < -0.4 is 15.5 Å². The Hall–Kier alpha value is -1.99. The fraction of sp³-hybridized carbons (Fsp3) is 0.526. The molecule has 2 aliphatic rings. The molecular weight excluding hydrogens is 348 g/mol. The van der Waals surface area contributed by atoms with Crippen LogP contribution >= 0.6 is 11.3 Å². The van der Waals surface area contributed by atoms with E-state index >= 15 is 0 Å². The van der Waals surface area contributed by atoms with Crippen LogP contribution in [0.1, 0.15) is 49.6 Å². The molecule has 1 aliphatic carbocycles. The number of carbonyl (C=O) groups is 2. The quantitative estimate of drug-likeness (QED) is 0.765. The summed E-state index contributed by atoms with van der Waals surface area (Å²) in [6.07, 6.45) is 6.45. The lowest BCUT2D eigenvalue weighted by Crippen LogP contribution is -3.11. The van der Waals surface area contributed by atoms with Gasteiger partial charge in [0.2, 0.25) is 0 Å². The van der Waals surface area contributed by atoms with Crippen LogP contribution in [0.5, 0.6) is 0 Å². The van der Waals surface area contributed by atoms with E-state index in [0.29, 0.717) is 6.54 Å². The molecule has 2 atom stereocenters. The van der Waals surface area contributed by atoms with Crippen molar-refractivity contribution >= 4 is 33.5 Å². The fourth-order valence-corrected chi connectivity index (χ4v) is 5.29. The fourth-order valence-electron chi connectivity index (χ4n) is 4.13. The molecule has 0 bridgehead atoms. The molecule has 7 heteroatoms. The van der Waals surface area contributed by atoms with Crippen molar-refractivity contribution in [1.82, 2.24) is 15.6 Å². The average Bonchev–Trinajstić information content (AvgIpc) is 3.33. The summed E-state index contributed by atoms with van der Waals surface area (Å²) in [7, 11) is 0. The summed E-state index contributed by atoms with van der Waals surface area (Å²) < 4.78 is 1.19. The zero-order chi connectivity index (χ0) is 17.9. The van der Waals surface area contributed by atoms with Crippen LogP contribution in [0.25, 0.3) is 10.2 Å². The number of carbonyl (C=O) groups excluding carboxylic acids is 2. The lowest BCUT2D eigenvalue weighted by atomic mass is 10.2. The number of nitrogens with one attached hydrogen (secondary N) is 3. The Morgan fingerprint density at radius 2 is 1.96 bits per heavy atom. The Morgan fingerprint density at radius 1 is 1.15 bits per heavy atom. The molecule has 1 saturated carbocycles. The SMILES string of the molecule is O=C(C[NH+]1CCC[C@H]1c1nc2ccccc2s1)NC(=O)NC1CCCC1. The summed E-state index contributed by atoms with van der Waals surface area (Å²) in [5, 5.41) is 6.51. The van der Waals surface area contributed by atoms with Crippen molar-refractivity contribution in [2.75, 3.05) is 13.1 Å². The van der Waals surface area contributed by atoms with Crippen molar-refractivity contribution < 1.29 is 14.5 Å². The van der Waals surface area contributed by atoms with Gasteiger partial charge in [0.05, 0.1) is 16.8 Å². The van der Waals surface area contributed by atoms with E-state index in [4.69, 9.17) is 4.98 Å². The number of rotatable bonds is 4. The first-order valence-electron chi connectivity index (χ1n) is 9.49. The molecule has 0 radical (unpaired) electrons. The van der Waals surface area contributed by atoms with Crippen molar-refractivity contribution in [3.63, 3.8) is 0 Å². The van der Waals surface area contributed by atoms with Gasteiger partial charge in [-0.25, -0.2) is 9.78 Å². The van der Waals surface area contributed by atoms with Crippen LogP contribution in [-0.2, 0) is 4.79 Å². The van der Waals surface area contributed by atoms with E-state index in [0.717, 1.165) is 55.6 Å². The second-order valence-corrected chi connectivity index (χ2v) is 8.36. The van der Waals surface area contributed by atoms with Crippen LogP contribution in [-0.4, -0.2) is 36.1 Å². The number of quaternary nitrogens is 1. The van der Waals surface area contributed by atoms with E-state index in [2.05, 4.69) is 16.7 Å². The Morgan fingerprint density at radius 3 is 2.77 bits per heavy atom. The molecule has 1 aromatic carbocycles. The predicted octanol–water partition coefficient (Wildman–Crippen LogP) is 1.78. The largest absolute Gasteiger partial charge is 0.335 e. The number of imide groups is 1. The molecule has 0 spiro atoms. The molecule has 138 valence electrons. The van der Waals surface area contributed by atoms with E-state index in [1.54, 1.807) is 11.3 Å². The minimum atomic E-state index is -0.350. The number of likely N-dealkylation sites (tertiary alicyclic amines) is 1. The molecule has 1 saturated heterocycles. The maximum atomic E-state index is 12.3. The molecule has 3 amide bonds. The zero-order valence-electron chi connectivity index (χ0n) is 14.8. The maximum Gasteiger partial charge on any atom is 0.321 e. The Labute approximate surface area is 157 Å². The summed E-state index contributed by atoms with van der Waals surface area (Å²) >= 11 is 1.72. The molecule has 6 nitrogen and oxygen atoms in total. The monoisotopic (exact) mass is 373 g/mol. The van der Waals surface area contributed by atoms with Gasteiger partial charge in [-0.05, 0) is 25.0 Å². The van der Waals surface area contributed by atoms with Crippen molar-refractivity contribution in [3.8, 4) is 0 Å². The molecule has 2 heterocycles. The van der Waals surface area contributed by atoms with Crippen molar-refractivity contribution in [1.29, 1.82) is 0 Å². The van der Waals surface area contributed by atoms with Crippen LogP contribution in [0.2, 0.25) is 0 Å². The summed E-state index contributed by atoms with van der Waals surface area (Å²) in [6, 6.07) is 8.27. The van der Waals surface area contributed by atoms with E-state index < -0.39 is 0 Å². The molecule has 1 aromatic heterocycles. The molecule has 1 aliphatic heterocycles. The smallest absolute Gasteiger partial charge is 0.321 e. The van der Waals surface area contributed by atoms with Gasteiger partial charge in [-0.3, -0.25) is 10.1 Å². The second-order valence-electron chi connectivity index (χ2n) is 7.30. The first kappa shape index (κ1) is 17.4. The number of hydrogen-bond donors (Lipinski definition) is 3. The molecule has 2 fully saturated rings. The van der Waals surface area contributed by atoms with Crippen LogP contribution in [0.3, 0.4) is 0 Å². The second kappa shape index (κ2) is 7.72. The van der Waals surface area contributed by atoms with Gasteiger partial charge in [0.1, 0.15) is 6.04 Å². The average molecular weight is 374 g/mol. The molecule has 26 heavy (non-hydrogen) atoms. The van der Waals surface area contributed by atoms with Gasteiger partial charge in [-0.1, -0.05) is 25.0 Å². The molecule has 1 unspecified atom stereocenters. The molecule has 4 rings (SSSR count). The highest BCUT2D eigenvalue weighted by Gasteiger charge is 2.34. The molecule has 2 aromatic rings. The first-order valence-corrected chi connectivity index (χ1v) is 10.3. The van der Waals surface area contributed by atoms with E-state index in [-0.39, 0.29) is 24.0 Å². The number of para-hydroxylation sites is 1. The number of fused-ring (bicyclic) bond motifs is 1. The summed E-state index contributed by atoms with van der Waals surface area (Å²) in [5.74, 6) is -0.205. The van der Waals surface area contributed by atoms with E-state index in [9.17, 15) is 9.59 Å². The Balaban J connectivity index is 1.35. The number of benzene rings is 1. The predicted molar refractivity (Wildman–Crippen MR) is 101 cm³/mol. The number of nitrogens with zero attached hydrogens (tertiary/aromatic N) is 1. The number of amides is 3. The van der Waals surface area contributed by atoms with Crippen molar-refractivity contribution in [2.24, 2.45) is 0 Å². The van der Waals surface area contributed by atoms with Crippen LogP contribution in [0, 0.1) is 0 Å². The van der Waals surface area contributed by atoms with Gasteiger partial charge < -0.3 is 10.2 Å². The summed E-state index contributed by atoms with van der Waals surface area (Å²) in [6.45, 7) is 1.26. The lowest BCUT2D eigenvalue weighted by Gasteiger charge is -2.19. The highest BCUT2D eigenvalue weighted by atomic mass is 32.1. The van der Waals surface area contributed by atoms with Gasteiger partial charge >= 0.3 is 6.03 Å². The van der Waals surface area contributed by atoms with Crippen molar-refractivity contribution in [3.05, 3.63) is 29.3 Å². The third-order valence-electron chi connectivity index (χ3n) is 5.42. The Kier molecular flexibility index (Phi) is 5.17. The lowest BCUT2D eigenvalue weighted by molar-refractivity contribution is -0.910. The highest BCUT2D eigenvalue weighted by molar-refractivity contribution is 7.18. The number of aromatic nitrogens is 1. The van der Waals surface area contributed by atoms with Gasteiger partial charge in [-0.15, -0.1) is 11.3 Å². The van der Waals surface area contributed by atoms with E-state index in [1.807, 2.05) is 18.2 Å². The summed E-state index contributed by atoms with van der Waals surface area (Å²) in [5.41, 5.74) is 1.03. The number of hydrogen-bond acceptors (Lipinski definition) is 4. The minimum absolute atomic E-state index is 0.205. The normalized spacial score (nSPS) is 23.4. The van der Waals surface area contributed by atoms with Gasteiger partial charge in [0, 0.05) is 18.9 Å².